The molecule has 0 aromatic carbocycles. The lowest BCUT2D eigenvalue weighted by Crippen LogP contribution is -2.09. The SMILES string of the molecule is [B]OCC(C)CCC1CC2=C1C2[B]. The van der Waals surface area contributed by atoms with Crippen LogP contribution in [0.15, 0.2) is 11.1 Å². The Hall–Kier alpha value is -0.170. The predicted octanol–water partition coefficient (Wildman–Crippen LogP) is 1.79. The third kappa shape index (κ3) is 1.71. The van der Waals surface area contributed by atoms with Crippen LogP contribution in [0.3, 0.4) is 0 Å². The van der Waals surface area contributed by atoms with Crippen molar-refractivity contribution in [3.05, 3.63) is 11.1 Å². The smallest absolute Gasteiger partial charge is 0.282 e. The summed E-state index contributed by atoms with van der Waals surface area (Å²) < 4.78 is 4.61. The second kappa shape index (κ2) is 3.53. The van der Waals surface area contributed by atoms with Crippen molar-refractivity contribution in [2.24, 2.45) is 11.8 Å². The Morgan fingerprint density at radius 3 is 2.85 bits per heavy atom. The molecule has 0 saturated carbocycles. The summed E-state index contributed by atoms with van der Waals surface area (Å²) in [4.78, 5) is 0. The van der Waals surface area contributed by atoms with E-state index in [1.54, 1.807) is 5.57 Å². The first kappa shape index (κ1) is 9.39. The van der Waals surface area contributed by atoms with E-state index in [0.717, 1.165) is 5.92 Å². The van der Waals surface area contributed by atoms with E-state index < -0.39 is 0 Å². The molecular formula is C10H14B2O. The van der Waals surface area contributed by atoms with E-state index in [4.69, 9.17) is 15.9 Å². The number of allylic oxidation sites excluding steroid dienone is 2. The molecule has 0 aromatic heterocycles. The Labute approximate surface area is 82.8 Å². The van der Waals surface area contributed by atoms with Gasteiger partial charge in [0.25, 0.3) is 8.05 Å². The predicted molar refractivity (Wildman–Crippen MR) is 54.7 cm³/mol. The lowest BCUT2D eigenvalue weighted by molar-refractivity contribution is 0.263. The van der Waals surface area contributed by atoms with Crippen LogP contribution >= 0.6 is 0 Å². The maximum absolute atomic E-state index is 5.81. The molecule has 3 unspecified atom stereocenters. The molecule has 0 spiro atoms. The van der Waals surface area contributed by atoms with Gasteiger partial charge in [0.1, 0.15) is 0 Å². The molecule has 3 atom stereocenters. The van der Waals surface area contributed by atoms with Crippen LogP contribution in [0.4, 0.5) is 0 Å². The van der Waals surface area contributed by atoms with Crippen LogP contribution in [-0.4, -0.2) is 22.5 Å². The van der Waals surface area contributed by atoms with Gasteiger partial charge in [0.05, 0.1) is 7.85 Å². The Bertz CT molecular complexity index is 237. The first-order valence-corrected chi connectivity index (χ1v) is 5.04. The van der Waals surface area contributed by atoms with E-state index in [2.05, 4.69) is 11.6 Å². The molecule has 13 heavy (non-hydrogen) atoms. The summed E-state index contributed by atoms with van der Waals surface area (Å²) in [7, 11) is 10.8. The molecule has 2 rings (SSSR count). The molecule has 0 saturated heterocycles. The van der Waals surface area contributed by atoms with Gasteiger partial charge >= 0.3 is 0 Å². The standard InChI is InChI=1S/C10H14B2O/c1-6(5-13-12)2-3-7-4-8-9(7)10(8)11/h6-7,10H,2-5H2,1H3. The molecule has 0 heterocycles. The summed E-state index contributed by atoms with van der Waals surface area (Å²) in [6, 6.07) is 0. The molecule has 2 aliphatic rings. The highest BCUT2D eigenvalue weighted by atomic mass is 16.4. The van der Waals surface area contributed by atoms with Gasteiger partial charge < -0.3 is 4.65 Å². The van der Waals surface area contributed by atoms with Crippen molar-refractivity contribution in [2.45, 2.75) is 32.0 Å². The number of hydrogen-bond acceptors (Lipinski definition) is 1. The van der Waals surface area contributed by atoms with Crippen molar-refractivity contribution < 1.29 is 4.65 Å². The molecular weight excluding hydrogens is 158 g/mol. The van der Waals surface area contributed by atoms with E-state index in [1.807, 2.05) is 0 Å². The Kier molecular flexibility index (Phi) is 2.55. The fraction of sp³-hybridized carbons (Fsp3) is 0.800. The van der Waals surface area contributed by atoms with Gasteiger partial charge in [-0.15, -0.1) is 0 Å². The van der Waals surface area contributed by atoms with Crippen molar-refractivity contribution >= 4 is 15.9 Å². The van der Waals surface area contributed by atoms with E-state index in [1.165, 1.54) is 24.8 Å². The molecule has 66 valence electrons. The Morgan fingerprint density at radius 1 is 1.62 bits per heavy atom. The summed E-state index contributed by atoms with van der Waals surface area (Å²) in [5.41, 5.74) is 3.09. The van der Waals surface area contributed by atoms with Gasteiger partial charge in [0.2, 0.25) is 0 Å². The number of hydrogen-bond donors (Lipinski definition) is 0. The van der Waals surface area contributed by atoms with Crippen molar-refractivity contribution in [1.29, 1.82) is 0 Å². The first-order chi connectivity index (χ1) is 6.24. The van der Waals surface area contributed by atoms with Crippen LogP contribution in [0.25, 0.3) is 0 Å². The zero-order chi connectivity index (χ0) is 9.42. The van der Waals surface area contributed by atoms with Gasteiger partial charge in [-0.3, -0.25) is 0 Å². The monoisotopic (exact) mass is 172 g/mol. The van der Waals surface area contributed by atoms with Gasteiger partial charge in [-0.2, -0.15) is 0 Å². The largest absolute Gasteiger partial charge is 0.447 e. The molecule has 0 amide bonds. The summed E-state index contributed by atoms with van der Waals surface area (Å²) in [6.07, 6.45) is 3.72. The molecule has 0 aromatic rings. The minimum atomic E-state index is 0.381. The fourth-order valence-corrected chi connectivity index (χ4v) is 2.30. The normalized spacial score (nSPS) is 32.4. The van der Waals surface area contributed by atoms with Crippen LogP contribution < -0.4 is 0 Å². The van der Waals surface area contributed by atoms with Crippen LogP contribution in [-0.2, 0) is 4.65 Å². The summed E-state index contributed by atoms with van der Waals surface area (Å²) in [6.45, 7) is 2.85. The minimum Gasteiger partial charge on any atom is -0.447 e. The van der Waals surface area contributed by atoms with Gasteiger partial charge in [-0.05, 0) is 36.9 Å². The second-order valence-corrected chi connectivity index (χ2v) is 4.38. The van der Waals surface area contributed by atoms with E-state index in [-0.39, 0.29) is 0 Å². The van der Waals surface area contributed by atoms with Gasteiger partial charge in [0.15, 0.2) is 0 Å². The van der Waals surface area contributed by atoms with Crippen LogP contribution in [0.1, 0.15) is 26.2 Å². The topological polar surface area (TPSA) is 9.23 Å². The van der Waals surface area contributed by atoms with Gasteiger partial charge in [-0.25, -0.2) is 0 Å². The van der Waals surface area contributed by atoms with Crippen molar-refractivity contribution in [2.75, 3.05) is 6.61 Å². The average Bonchev–Trinajstić information content (AvgIpc) is 2.52. The maximum Gasteiger partial charge on any atom is 0.282 e. The highest BCUT2D eigenvalue weighted by Gasteiger charge is 2.45. The molecule has 0 N–H and O–H groups in total. The summed E-state index contributed by atoms with van der Waals surface area (Å²) in [5.74, 6) is 1.75. The second-order valence-electron chi connectivity index (χ2n) is 4.38. The molecule has 1 nitrogen and oxygen atoms in total. The summed E-state index contributed by atoms with van der Waals surface area (Å²) >= 11 is 0. The quantitative estimate of drug-likeness (QED) is 0.453. The van der Waals surface area contributed by atoms with Crippen molar-refractivity contribution in [3.8, 4) is 0 Å². The van der Waals surface area contributed by atoms with E-state index >= 15 is 0 Å². The molecule has 0 aliphatic heterocycles. The summed E-state index contributed by atoms with van der Waals surface area (Å²) in [5, 5.41) is 0. The Morgan fingerprint density at radius 2 is 2.38 bits per heavy atom. The van der Waals surface area contributed by atoms with Gasteiger partial charge in [0, 0.05) is 6.61 Å². The van der Waals surface area contributed by atoms with Crippen molar-refractivity contribution in [1.82, 2.24) is 0 Å². The highest BCUT2D eigenvalue weighted by molar-refractivity contribution is 6.20. The molecule has 0 fully saturated rings. The highest BCUT2D eigenvalue weighted by Crippen LogP contribution is 2.62. The first-order valence-electron chi connectivity index (χ1n) is 5.04. The average molecular weight is 172 g/mol. The molecule has 0 bridgehead atoms. The van der Waals surface area contributed by atoms with E-state index in [0.29, 0.717) is 18.3 Å². The van der Waals surface area contributed by atoms with Gasteiger partial charge in [-0.1, -0.05) is 18.1 Å². The third-order valence-electron chi connectivity index (χ3n) is 3.29. The van der Waals surface area contributed by atoms with Crippen LogP contribution in [0.2, 0.25) is 5.82 Å². The van der Waals surface area contributed by atoms with Crippen LogP contribution in [0.5, 0.6) is 0 Å². The zero-order valence-electron chi connectivity index (χ0n) is 8.12. The van der Waals surface area contributed by atoms with E-state index in [9.17, 15) is 0 Å². The number of rotatable bonds is 5. The molecule has 3 heteroatoms. The lowest BCUT2D eigenvalue weighted by Gasteiger charge is -2.19. The minimum absolute atomic E-state index is 0.381. The third-order valence-corrected chi connectivity index (χ3v) is 3.29. The van der Waals surface area contributed by atoms with Crippen molar-refractivity contribution in [3.63, 3.8) is 0 Å². The van der Waals surface area contributed by atoms with Crippen LogP contribution in [0, 0.1) is 11.8 Å². The fourth-order valence-electron chi connectivity index (χ4n) is 2.30. The maximum atomic E-state index is 5.81. The zero-order valence-corrected chi connectivity index (χ0v) is 8.12. The lowest BCUT2D eigenvalue weighted by atomic mass is 9.87. The molecule has 4 radical (unpaired) electrons. The molecule has 2 aliphatic carbocycles. The Balaban J connectivity index is 1.62.